The van der Waals surface area contributed by atoms with Gasteiger partial charge in [-0.25, -0.2) is 14.4 Å². The van der Waals surface area contributed by atoms with Crippen molar-refractivity contribution >= 4 is 5.82 Å². The quantitative estimate of drug-likeness (QED) is 0.903. The second-order valence-electron chi connectivity index (χ2n) is 4.98. The number of benzene rings is 1. The molecule has 1 aromatic heterocycles. The molecular formula is C16H20FN3. The van der Waals surface area contributed by atoms with Gasteiger partial charge in [0.1, 0.15) is 5.82 Å². The topological polar surface area (TPSA) is 37.8 Å². The van der Waals surface area contributed by atoms with Gasteiger partial charge in [0.05, 0.1) is 5.69 Å². The average molecular weight is 273 g/mol. The van der Waals surface area contributed by atoms with Crippen LogP contribution in [0.2, 0.25) is 0 Å². The van der Waals surface area contributed by atoms with Crippen LogP contribution >= 0.6 is 0 Å². The number of rotatable bonds is 5. The summed E-state index contributed by atoms with van der Waals surface area (Å²) in [6.45, 7) is 6.46. The number of aromatic nitrogens is 2. The summed E-state index contributed by atoms with van der Waals surface area (Å²) in [6.07, 6.45) is 1.54. The molecule has 0 aliphatic heterocycles. The minimum atomic E-state index is -0.355. The molecule has 1 aromatic carbocycles. The van der Waals surface area contributed by atoms with Gasteiger partial charge in [-0.3, -0.25) is 0 Å². The average Bonchev–Trinajstić information content (AvgIpc) is 2.41. The van der Waals surface area contributed by atoms with Gasteiger partial charge in [-0.15, -0.1) is 0 Å². The van der Waals surface area contributed by atoms with Gasteiger partial charge in [0.2, 0.25) is 0 Å². The molecular weight excluding hydrogens is 253 g/mol. The van der Waals surface area contributed by atoms with Crippen molar-refractivity contribution in [2.75, 3.05) is 11.9 Å². The zero-order valence-electron chi connectivity index (χ0n) is 12.2. The molecule has 0 saturated heterocycles. The predicted molar refractivity (Wildman–Crippen MR) is 79.5 cm³/mol. The van der Waals surface area contributed by atoms with Gasteiger partial charge >= 0.3 is 0 Å². The van der Waals surface area contributed by atoms with Crippen molar-refractivity contribution in [2.24, 2.45) is 0 Å². The summed E-state index contributed by atoms with van der Waals surface area (Å²) in [5.74, 6) is 0.599. The first-order valence-electron chi connectivity index (χ1n) is 6.92. The Bertz CT molecular complexity index is 596. The maximum Gasteiger partial charge on any atom is 0.186 e. The van der Waals surface area contributed by atoms with Crippen molar-refractivity contribution in [1.82, 2.24) is 9.97 Å². The van der Waals surface area contributed by atoms with E-state index in [1.165, 1.54) is 5.56 Å². The lowest BCUT2D eigenvalue weighted by Crippen LogP contribution is -2.10. The van der Waals surface area contributed by atoms with Gasteiger partial charge in [0.15, 0.2) is 11.6 Å². The van der Waals surface area contributed by atoms with Crippen LogP contribution in [-0.4, -0.2) is 16.5 Å². The van der Waals surface area contributed by atoms with Crippen molar-refractivity contribution in [3.8, 4) is 0 Å². The second kappa shape index (κ2) is 6.46. The van der Waals surface area contributed by atoms with Gasteiger partial charge in [-0.05, 0) is 25.8 Å². The number of halogens is 1. The highest BCUT2D eigenvalue weighted by Crippen LogP contribution is 2.16. The Morgan fingerprint density at radius 3 is 2.70 bits per heavy atom. The molecule has 0 fully saturated rings. The Morgan fingerprint density at radius 1 is 1.20 bits per heavy atom. The smallest absolute Gasteiger partial charge is 0.186 e. The van der Waals surface area contributed by atoms with E-state index in [1.807, 2.05) is 19.1 Å². The number of nitrogens with one attached hydrogen (secondary N) is 1. The monoisotopic (exact) mass is 273 g/mol. The van der Waals surface area contributed by atoms with Gasteiger partial charge < -0.3 is 5.32 Å². The van der Waals surface area contributed by atoms with Crippen molar-refractivity contribution in [3.05, 3.63) is 52.7 Å². The molecule has 0 aliphatic rings. The maximum atomic E-state index is 13.9. The highest BCUT2D eigenvalue weighted by molar-refractivity contribution is 5.38. The number of aryl methyl sites for hydroxylation is 2. The molecule has 3 nitrogen and oxygen atoms in total. The fraction of sp³-hybridized carbons (Fsp3) is 0.375. The molecule has 2 aromatic rings. The first kappa shape index (κ1) is 14.4. The Kier molecular flexibility index (Phi) is 4.66. The van der Waals surface area contributed by atoms with Crippen LogP contribution in [0.1, 0.15) is 36.0 Å². The van der Waals surface area contributed by atoms with Crippen LogP contribution in [-0.2, 0) is 6.42 Å². The van der Waals surface area contributed by atoms with Gasteiger partial charge in [0, 0.05) is 13.0 Å². The van der Waals surface area contributed by atoms with Gasteiger partial charge in [-0.2, -0.15) is 0 Å². The maximum absolute atomic E-state index is 13.9. The van der Waals surface area contributed by atoms with Crippen molar-refractivity contribution in [3.63, 3.8) is 0 Å². The molecule has 4 heteroatoms. The van der Waals surface area contributed by atoms with Crippen molar-refractivity contribution in [2.45, 2.75) is 33.6 Å². The molecule has 2 rings (SSSR count). The normalized spacial score (nSPS) is 10.6. The molecule has 0 unspecified atom stereocenters. The third-order valence-corrected chi connectivity index (χ3v) is 3.05. The fourth-order valence-corrected chi connectivity index (χ4v) is 2.06. The van der Waals surface area contributed by atoms with E-state index in [4.69, 9.17) is 0 Å². The molecule has 106 valence electrons. The lowest BCUT2D eigenvalue weighted by atomic mass is 10.1. The van der Waals surface area contributed by atoms with E-state index in [2.05, 4.69) is 34.3 Å². The second-order valence-corrected chi connectivity index (χ2v) is 4.98. The minimum Gasteiger partial charge on any atom is -0.368 e. The standard InChI is InChI=1S/C16H20FN3/c1-4-8-18-16-15(17)12(3)19-14(20-16)10-13-7-5-6-11(2)9-13/h5-7,9H,4,8,10H2,1-3H3,(H,18,19,20). The highest BCUT2D eigenvalue weighted by atomic mass is 19.1. The Hall–Kier alpha value is -1.97. The summed E-state index contributed by atoms with van der Waals surface area (Å²) >= 11 is 0. The Balaban J connectivity index is 2.25. The summed E-state index contributed by atoms with van der Waals surface area (Å²) < 4.78 is 13.9. The molecule has 1 N–H and O–H groups in total. The molecule has 0 aliphatic carbocycles. The van der Waals surface area contributed by atoms with Crippen molar-refractivity contribution < 1.29 is 4.39 Å². The third-order valence-electron chi connectivity index (χ3n) is 3.05. The molecule has 1 heterocycles. The van der Waals surface area contributed by atoms with Crippen LogP contribution < -0.4 is 5.32 Å². The fourth-order valence-electron chi connectivity index (χ4n) is 2.06. The van der Waals surface area contributed by atoms with E-state index >= 15 is 0 Å². The van der Waals surface area contributed by atoms with E-state index in [9.17, 15) is 4.39 Å². The van der Waals surface area contributed by atoms with Crippen molar-refractivity contribution in [1.29, 1.82) is 0 Å². The Labute approximate surface area is 119 Å². The van der Waals surface area contributed by atoms with Gasteiger partial charge in [-0.1, -0.05) is 36.8 Å². The lowest BCUT2D eigenvalue weighted by molar-refractivity contribution is 0.600. The van der Waals surface area contributed by atoms with Crippen LogP contribution in [0.3, 0.4) is 0 Å². The molecule has 0 saturated carbocycles. The number of nitrogens with zero attached hydrogens (tertiary/aromatic N) is 2. The van der Waals surface area contributed by atoms with Crippen LogP contribution in [0.25, 0.3) is 0 Å². The molecule has 0 radical (unpaired) electrons. The zero-order valence-corrected chi connectivity index (χ0v) is 12.2. The molecule has 0 bridgehead atoms. The summed E-state index contributed by atoms with van der Waals surface area (Å²) in [7, 11) is 0. The number of hydrogen-bond acceptors (Lipinski definition) is 3. The molecule has 0 amide bonds. The lowest BCUT2D eigenvalue weighted by Gasteiger charge is -2.09. The first-order chi connectivity index (χ1) is 9.60. The minimum absolute atomic E-state index is 0.307. The molecule has 0 spiro atoms. The number of anilines is 1. The third kappa shape index (κ3) is 3.53. The summed E-state index contributed by atoms with van der Waals surface area (Å²) in [6, 6.07) is 8.20. The van der Waals surface area contributed by atoms with Crippen LogP contribution in [0.4, 0.5) is 10.2 Å². The Morgan fingerprint density at radius 2 is 2.00 bits per heavy atom. The van der Waals surface area contributed by atoms with Crippen LogP contribution in [0.5, 0.6) is 0 Å². The largest absolute Gasteiger partial charge is 0.368 e. The summed E-state index contributed by atoms with van der Waals surface area (Å²) in [5, 5.41) is 3.01. The molecule has 0 atom stereocenters. The number of hydrogen-bond donors (Lipinski definition) is 1. The van der Waals surface area contributed by atoms with E-state index in [0.29, 0.717) is 30.3 Å². The predicted octanol–water partition coefficient (Wildman–Crippen LogP) is 3.65. The van der Waals surface area contributed by atoms with Crippen LogP contribution in [0, 0.1) is 19.7 Å². The van der Waals surface area contributed by atoms with Crippen LogP contribution in [0.15, 0.2) is 24.3 Å². The van der Waals surface area contributed by atoms with E-state index in [1.54, 1.807) is 6.92 Å². The summed E-state index contributed by atoms with van der Waals surface area (Å²) in [5.41, 5.74) is 2.73. The molecule has 20 heavy (non-hydrogen) atoms. The first-order valence-corrected chi connectivity index (χ1v) is 6.92. The SMILES string of the molecule is CCCNc1nc(Cc2cccc(C)c2)nc(C)c1F. The van der Waals surface area contributed by atoms with Gasteiger partial charge in [0.25, 0.3) is 0 Å². The van der Waals surface area contributed by atoms with E-state index in [-0.39, 0.29) is 5.82 Å². The van der Waals surface area contributed by atoms with E-state index < -0.39 is 0 Å². The highest BCUT2D eigenvalue weighted by Gasteiger charge is 2.11. The summed E-state index contributed by atoms with van der Waals surface area (Å²) in [4.78, 5) is 8.54. The van der Waals surface area contributed by atoms with E-state index in [0.717, 1.165) is 12.0 Å². The zero-order chi connectivity index (χ0) is 14.5.